The van der Waals surface area contributed by atoms with Crippen LogP contribution in [0, 0.1) is 6.92 Å². The Kier molecular flexibility index (Phi) is 5.41. The van der Waals surface area contributed by atoms with Gasteiger partial charge in [0.05, 0.1) is 22.3 Å². The number of nitrogens with zero attached hydrogens (tertiary/aromatic N) is 4. The first-order chi connectivity index (χ1) is 12.5. The molecule has 0 bridgehead atoms. The Labute approximate surface area is 159 Å². The summed E-state index contributed by atoms with van der Waals surface area (Å²) in [6, 6.07) is 11.3. The first-order valence-electron chi connectivity index (χ1n) is 8.14. The van der Waals surface area contributed by atoms with Crippen LogP contribution in [-0.2, 0) is 13.7 Å². The SMILES string of the molecule is CCOc1cccc(-n2nnn(C)c2=O)c1COc1ccc(C)cc1Br. The molecule has 0 saturated heterocycles. The van der Waals surface area contributed by atoms with Crippen LogP contribution in [0.2, 0.25) is 0 Å². The highest BCUT2D eigenvalue weighted by Gasteiger charge is 2.16. The van der Waals surface area contributed by atoms with Crippen molar-refractivity contribution in [1.82, 2.24) is 19.8 Å². The molecular weight excluding hydrogens is 400 g/mol. The molecule has 0 atom stereocenters. The molecule has 0 unspecified atom stereocenters. The topological polar surface area (TPSA) is 71.2 Å². The van der Waals surface area contributed by atoms with Gasteiger partial charge in [-0.2, -0.15) is 9.36 Å². The number of tetrazole rings is 1. The van der Waals surface area contributed by atoms with Crippen LogP contribution >= 0.6 is 15.9 Å². The molecule has 136 valence electrons. The zero-order valence-corrected chi connectivity index (χ0v) is 16.4. The van der Waals surface area contributed by atoms with Crippen molar-refractivity contribution in [1.29, 1.82) is 0 Å². The summed E-state index contributed by atoms with van der Waals surface area (Å²) >= 11 is 3.51. The fourth-order valence-electron chi connectivity index (χ4n) is 2.53. The van der Waals surface area contributed by atoms with Gasteiger partial charge < -0.3 is 9.47 Å². The molecule has 0 radical (unpaired) electrons. The second-order valence-corrected chi connectivity index (χ2v) is 6.56. The molecule has 3 aromatic rings. The van der Waals surface area contributed by atoms with E-state index in [9.17, 15) is 4.79 Å². The minimum Gasteiger partial charge on any atom is -0.493 e. The molecule has 26 heavy (non-hydrogen) atoms. The van der Waals surface area contributed by atoms with E-state index >= 15 is 0 Å². The van der Waals surface area contributed by atoms with Gasteiger partial charge in [0.25, 0.3) is 0 Å². The average molecular weight is 419 g/mol. The van der Waals surface area contributed by atoms with E-state index in [0.717, 1.165) is 15.6 Å². The van der Waals surface area contributed by atoms with Crippen LogP contribution in [0.1, 0.15) is 18.1 Å². The molecule has 0 amide bonds. The number of ether oxygens (including phenoxy) is 2. The van der Waals surface area contributed by atoms with Crippen molar-refractivity contribution in [2.75, 3.05) is 6.61 Å². The molecule has 0 aliphatic heterocycles. The number of hydrogen-bond acceptors (Lipinski definition) is 5. The molecular formula is C18H19BrN4O3. The van der Waals surface area contributed by atoms with Gasteiger partial charge in [0.1, 0.15) is 18.1 Å². The maximum absolute atomic E-state index is 12.3. The van der Waals surface area contributed by atoms with Gasteiger partial charge in [-0.1, -0.05) is 12.1 Å². The molecule has 0 N–H and O–H groups in total. The van der Waals surface area contributed by atoms with Crippen LogP contribution in [0.4, 0.5) is 0 Å². The Morgan fingerprint density at radius 3 is 2.58 bits per heavy atom. The third-order valence-corrected chi connectivity index (χ3v) is 4.44. The normalized spacial score (nSPS) is 10.8. The summed E-state index contributed by atoms with van der Waals surface area (Å²) in [7, 11) is 1.55. The average Bonchev–Trinajstić information content (AvgIpc) is 2.94. The van der Waals surface area contributed by atoms with Gasteiger partial charge in [-0.05, 0) is 70.0 Å². The maximum Gasteiger partial charge on any atom is 0.368 e. The first kappa shape index (κ1) is 18.2. The summed E-state index contributed by atoms with van der Waals surface area (Å²) in [5.41, 5.74) is 2.10. The zero-order chi connectivity index (χ0) is 18.7. The first-order valence-corrected chi connectivity index (χ1v) is 8.93. The van der Waals surface area contributed by atoms with Crippen LogP contribution in [0.15, 0.2) is 45.7 Å². The van der Waals surface area contributed by atoms with E-state index < -0.39 is 0 Å². The van der Waals surface area contributed by atoms with Crippen molar-refractivity contribution in [3.63, 3.8) is 0 Å². The van der Waals surface area contributed by atoms with E-state index in [1.807, 2.05) is 44.2 Å². The summed E-state index contributed by atoms with van der Waals surface area (Å²) < 4.78 is 15.0. The molecule has 0 aliphatic rings. The van der Waals surface area contributed by atoms with Crippen LogP contribution < -0.4 is 15.2 Å². The largest absolute Gasteiger partial charge is 0.493 e. The highest BCUT2D eigenvalue weighted by molar-refractivity contribution is 9.10. The molecule has 0 saturated carbocycles. The molecule has 0 aliphatic carbocycles. The standard InChI is InChI=1S/C18H19BrN4O3/c1-4-25-16-7-5-6-15(23-18(24)22(3)20-21-23)13(16)11-26-17-9-8-12(2)10-14(17)19/h5-10H,4,11H2,1-3H3. The number of aromatic nitrogens is 4. The molecule has 0 spiro atoms. The van der Waals surface area contributed by atoms with Crippen molar-refractivity contribution in [2.24, 2.45) is 7.05 Å². The molecule has 7 nitrogen and oxygen atoms in total. The lowest BCUT2D eigenvalue weighted by molar-refractivity contribution is 0.284. The lowest BCUT2D eigenvalue weighted by Crippen LogP contribution is -2.23. The van der Waals surface area contributed by atoms with Crippen molar-refractivity contribution in [3.05, 3.63) is 62.5 Å². The van der Waals surface area contributed by atoms with Gasteiger partial charge in [0.15, 0.2) is 0 Å². The van der Waals surface area contributed by atoms with Gasteiger partial charge in [0, 0.05) is 7.05 Å². The third kappa shape index (κ3) is 3.65. The number of rotatable bonds is 6. The van der Waals surface area contributed by atoms with Crippen LogP contribution in [0.5, 0.6) is 11.5 Å². The highest BCUT2D eigenvalue weighted by Crippen LogP contribution is 2.30. The molecule has 8 heteroatoms. The van der Waals surface area contributed by atoms with E-state index in [2.05, 4.69) is 26.4 Å². The Hall–Kier alpha value is -2.61. The van der Waals surface area contributed by atoms with Crippen molar-refractivity contribution < 1.29 is 9.47 Å². The smallest absolute Gasteiger partial charge is 0.368 e. The highest BCUT2D eigenvalue weighted by atomic mass is 79.9. The molecule has 1 aromatic heterocycles. The fourth-order valence-corrected chi connectivity index (χ4v) is 3.13. The fraction of sp³-hybridized carbons (Fsp3) is 0.278. The summed E-state index contributed by atoms with van der Waals surface area (Å²) in [5, 5.41) is 7.71. The lowest BCUT2D eigenvalue weighted by atomic mass is 10.1. The van der Waals surface area contributed by atoms with Crippen molar-refractivity contribution in [2.45, 2.75) is 20.5 Å². The monoisotopic (exact) mass is 418 g/mol. The van der Waals surface area contributed by atoms with E-state index in [-0.39, 0.29) is 12.3 Å². The zero-order valence-electron chi connectivity index (χ0n) is 14.8. The van der Waals surface area contributed by atoms with E-state index in [4.69, 9.17) is 9.47 Å². The Bertz CT molecular complexity index is 981. The van der Waals surface area contributed by atoms with Crippen molar-refractivity contribution in [3.8, 4) is 17.2 Å². The Morgan fingerprint density at radius 1 is 1.12 bits per heavy atom. The molecule has 0 fully saturated rings. The second-order valence-electron chi connectivity index (χ2n) is 5.71. The van der Waals surface area contributed by atoms with E-state index in [1.165, 1.54) is 9.36 Å². The summed E-state index contributed by atoms with van der Waals surface area (Å²) in [6.45, 7) is 4.64. The Morgan fingerprint density at radius 2 is 1.92 bits per heavy atom. The third-order valence-electron chi connectivity index (χ3n) is 3.82. The summed E-state index contributed by atoms with van der Waals surface area (Å²) in [6.07, 6.45) is 0. The van der Waals surface area contributed by atoms with Gasteiger partial charge in [0.2, 0.25) is 0 Å². The number of benzene rings is 2. The number of halogens is 1. The number of aryl methyl sites for hydroxylation is 2. The lowest BCUT2D eigenvalue weighted by Gasteiger charge is -2.15. The van der Waals surface area contributed by atoms with Gasteiger partial charge in [-0.25, -0.2) is 4.79 Å². The van der Waals surface area contributed by atoms with Crippen LogP contribution in [0.3, 0.4) is 0 Å². The second kappa shape index (κ2) is 7.74. The maximum atomic E-state index is 12.3. The van der Waals surface area contributed by atoms with E-state index in [0.29, 0.717) is 23.8 Å². The number of hydrogen-bond donors (Lipinski definition) is 0. The predicted molar refractivity (Wildman–Crippen MR) is 101 cm³/mol. The van der Waals surface area contributed by atoms with Crippen LogP contribution in [0.25, 0.3) is 5.69 Å². The quantitative estimate of drug-likeness (QED) is 0.615. The summed E-state index contributed by atoms with van der Waals surface area (Å²) in [5.74, 6) is 1.35. The minimum atomic E-state index is -0.337. The van der Waals surface area contributed by atoms with Crippen LogP contribution in [-0.4, -0.2) is 26.4 Å². The minimum absolute atomic E-state index is 0.218. The van der Waals surface area contributed by atoms with Crippen molar-refractivity contribution >= 4 is 15.9 Å². The molecule has 3 rings (SSSR count). The predicted octanol–water partition coefficient (Wildman–Crippen LogP) is 3.01. The van der Waals surface area contributed by atoms with Gasteiger partial charge >= 0.3 is 5.69 Å². The Balaban J connectivity index is 2.00. The van der Waals surface area contributed by atoms with E-state index in [1.54, 1.807) is 13.1 Å². The van der Waals surface area contributed by atoms with Gasteiger partial charge in [-0.15, -0.1) is 0 Å². The summed E-state index contributed by atoms with van der Waals surface area (Å²) in [4.78, 5) is 12.3. The molecule has 2 aromatic carbocycles. The van der Waals surface area contributed by atoms with Gasteiger partial charge in [-0.3, -0.25) is 0 Å². The molecule has 1 heterocycles.